The fourth-order valence-electron chi connectivity index (χ4n) is 1.93. The quantitative estimate of drug-likeness (QED) is 0.826. The van der Waals surface area contributed by atoms with E-state index in [1.54, 1.807) is 6.33 Å². The first-order valence-electron chi connectivity index (χ1n) is 6.69. The largest absolute Gasteiger partial charge is 0.378 e. The molecular weight excluding hydrogens is 275 g/mol. The van der Waals surface area contributed by atoms with Gasteiger partial charge in [0.05, 0.1) is 0 Å². The van der Waals surface area contributed by atoms with E-state index in [2.05, 4.69) is 15.5 Å². The predicted molar refractivity (Wildman–Crippen MR) is 73.8 cm³/mol. The number of hydrogen-bond acceptors (Lipinski definition) is 4. The summed E-state index contributed by atoms with van der Waals surface area (Å²) in [6.45, 7) is 3.08. The first-order valence-corrected chi connectivity index (χ1v) is 6.69. The summed E-state index contributed by atoms with van der Waals surface area (Å²) in [4.78, 5) is 11.8. The highest BCUT2D eigenvalue weighted by Crippen LogP contribution is 2.13. The monoisotopic (exact) mass is 292 g/mol. The van der Waals surface area contributed by atoms with Gasteiger partial charge in [0.1, 0.15) is 18.0 Å². The normalized spacial score (nSPS) is 12.1. The molecule has 1 heterocycles. The van der Waals surface area contributed by atoms with E-state index in [-0.39, 0.29) is 0 Å². The maximum atomic E-state index is 12.8. The average Bonchev–Trinajstić information content (AvgIpc) is 2.94. The van der Waals surface area contributed by atoms with Crippen LogP contribution in [-0.2, 0) is 17.8 Å². The number of aliphatic hydroxyl groups is 1. The lowest BCUT2D eigenvalue weighted by Crippen LogP contribution is -2.31. The van der Waals surface area contributed by atoms with Crippen LogP contribution in [0.15, 0.2) is 30.6 Å². The summed E-state index contributed by atoms with van der Waals surface area (Å²) in [5.74, 6) is -0.163. The van der Waals surface area contributed by atoms with Crippen LogP contribution in [0, 0.1) is 5.82 Å². The van der Waals surface area contributed by atoms with Crippen molar-refractivity contribution in [3.63, 3.8) is 0 Å². The molecule has 2 N–H and O–H groups in total. The summed E-state index contributed by atoms with van der Waals surface area (Å²) in [6, 6.07) is 5.17. The number of carbonyl (C=O) groups is 1. The molecule has 0 aliphatic heterocycles. The summed E-state index contributed by atoms with van der Waals surface area (Å²) in [5.41, 5.74) is 0.352. The van der Waals surface area contributed by atoms with Crippen molar-refractivity contribution in [1.29, 1.82) is 0 Å². The van der Waals surface area contributed by atoms with Crippen molar-refractivity contribution in [2.24, 2.45) is 0 Å². The van der Waals surface area contributed by atoms with Crippen molar-refractivity contribution in [2.75, 3.05) is 6.54 Å². The molecule has 1 aromatic carbocycles. The molecular formula is C14H17FN4O2. The van der Waals surface area contributed by atoms with Crippen LogP contribution in [0.5, 0.6) is 0 Å². The number of aliphatic hydroxyl groups excluding tert-OH is 1. The van der Waals surface area contributed by atoms with E-state index in [9.17, 15) is 14.3 Å². The topological polar surface area (TPSA) is 80.0 Å². The summed E-state index contributed by atoms with van der Waals surface area (Å²) in [7, 11) is 0. The Labute approximate surface area is 121 Å². The molecule has 2 rings (SSSR count). The van der Waals surface area contributed by atoms with Gasteiger partial charge < -0.3 is 15.0 Å². The molecule has 1 aromatic heterocycles. The molecule has 0 fully saturated rings. The van der Waals surface area contributed by atoms with Crippen LogP contribution in [0.1, 0.15) is 24.4 Å². The molecule has 0 spiro atoms. The smallest absolute Gasteiger partial charge is 0.253 e. The maximum Gasteiger partial charge on any atom is 0.253 e. The Kier molecular flexibility index (Phi) is 4.99. The van der Waals surface area contributed by atoms with Crippen molar-refractivity contribution in [1.82, 2.24) is 20.1 Å². The van der Waals surface area contributed by atoms with Crippen molar-refractivity contribution in [2.45, 2.75) is 26.0 Å². The van der Waals surface area contributed by atoms with Gasteiger partial charge in [-0.3, -0.25) is 4.79 Å². The first-order chi connectivity index (χ1) is 10.1. The fourth-order valence-corrected chi connectivity index (χ4v) is 1.93. The molecule has 21 heavy (non-hydrogen) atoms. The maximum absolute atomic E-state index is 12.8. The third-order valence-corrected chi connectivity index (χ3v) is 3.12. The fraction of sp³-hybridized carbons (Fsp3) is 0.357. The number of aryl methyl sites for hydroxylation is 1. The second kappa shape index (κ2) is 6.94. The molecule has 2 aromatic rings. The molecule has 1 atom stereocenters. The first kappa shape index (κ1) is 15.1. The van der Waals surface area contributed by atoms with Crippen molar-refractivity contribution in [3.8, 4) is 0 Å². The van der Waals surface area contributed by atoms with Crippen LogP contribution in [0.4, 0.5) is 4.39 Å². The summed E-state index contributed by atoms with van der Waals surface area (Å²) in [5, 5.41) is 20.2. The van der Waals surface area contributed by atoms with Crippen LogP contribution in [0.2, 0.25) is 0 Å². The molecule has 0 radical (unpaired) electrons. The van der Waals surface area contributed by atoms with E-state index < -0.39 is 17.8 Å². The Hall–Kier alpha value is -2.28. The minimum Gasteiger partial charge on any atom is -0.378 e. The minimum atomic E-state index is -1.31. The zero-order valence-corrected chi connectivity index (χ0v) is 11.7. The number of benzene rings is 1. The number of nitrogens with one attached hydrogen (secondary N) is 1. The summed E-state index contributed by atoms with van der Waals surface area (Å²) >= 11 is 0. The van der Waals surface area contributed by atoms with Crippen molar-refractivity contribution >= 4 is 5.91 Å². The molecule has 0 saturated carbocycles. The lowest BCUT2D eigenvalue weighted by Gasteiger charge is -2.11. The van der Waals surface area contributed by atoms with Gasteiger partial charge in [-0.05, 0) is 24.6 Å². The standard InChI is InChI=1S/C14H17FN4O2/c1-2-19-9-17-18-12(19)7-8-16-14(21)13(20)10-3-5-11(15)6-4-10/h3-6,9,13,20H,2,7-8H2,1H3,(H,16,21). The van der Waals surface area contributed by atoms with Gasteiger partial charge in [-0.1, -0.05) is 12.1 Å². The van der Waals surface area contributed by atoms with E-state index in [0.717, 1.165) is 12.4 Å². The second-order valence-electron chi connectivity index (χ2n) is 4.53. The lowest BCUT2D eigenvalue weighted by atomic mass is 10.1. The van der Waals surface area contributed by atoms with Crippen molar-refractivity contribution in [3.05, 3.63) is 47.8 Å². The van der Waals surface area contributed by atoms with Gasteiger partial charge in [-0.2, -0.15) is 0 Å². The number of amides is 1. The number of aromatic nitrogens is 3. The number of nitrogens with zero attached hydrogens (tertiary/aromatic N) is 3. The molecule has 7 heteroatoms. The third kappa shape index (κ3) is 3.85. The highest BCUT2D eigenvalue weighted by molar-refractivity contribution is 5.81. The Morgan fingerprint density at radius 3 is 2.81 bits per heavy atom. The van der Waals surface area contributed by atoms with Crippen LogP contribution in [0.3, 0.4) is 0 Å². The van der Waals surface area contributed by atoms with Crippen LogP contribution in [-0.4, -0.2) is 32.3 Å². The Morgan fingerprint density at radius 1 is 1.43 bits per heavy atom. The molecule has 1 amide bonds. The Morgan fingerprint density at radius 2 is 2.14 bits per heavy atom. The number of halogens is 1. The van der Waals surface area contributed by atoms with E-state index in [1.807, 2.05) is 11.5 Å². The van der Waals surface area contributed by atoms with E-state index in [0.29, 0.717) is 18.5 Å². The van der Waals surface area contributed by atoms with E-state index in [1.165, 1.54) is 24.3 Å². The molecule has 0 aliphatic carbocycles. The number of hydrogen-bond donors (Lipinski definition) is 2. The van der Waals surface area contributed by atoms with E-state index >= 15 is 0 Å². The highest BCUT2D eigenvalue weighted by Gasteiger charge is 2.17. The van der Waals surface area contributed by atoms with Gasteiger partial charge in [0.25, 0.3) is 5.91 Å². The van der Waals surface area contributed by atoms with Gasteiger partial charge in [-0.15, -0.1) is 10.2 Å². The molecule has 0 aliphatic rings. The van der Waals surface area contributed by atoms with Gasteiger partial charge in [0.15, 0.2) is 6.10 Å². The second-order valence-corrected chi connectivity index (χ2v) is 4.53. The molecule has 1 unspecified atom stereocenters. The molecule has 112 valence electrons. The molecule has 6 nitrogen and oxygen atoms in total. The minimum absolute atomic E-state index is 0.343. The number of rotatable bonds is 6. The summed E-state index contributed by atoms with van der Waals surface area (Å²) < 4.78 is 14.7. The van der Waals surface area contributed by atoms with Crippen LogP contribution < -0.4 is 5.32 Å². The summed E-state index contributed by atoms with van der Waals surface area (Å²) in [6.07, 6.45) is 0.842. The molecule has 0 bridgehead atoms. The predicted octanol–water partition coefficient (Wildman–Crippen LogP) is 0.829. The lowest BCUT2D eigenvalue weighted by molar-refractivity contribution is -0.129. The Balaban J connectivity index is 1.85. The zero-order chi connectivity index (χ0) is 15.2. The van der Waals surface area contributed by atoms with Gasteiger partial charge in [-0.25, -0.2) is 4.39 Å². The number of carbonyl (C=O) groups excluding carboxylic acids is 1. The average molecular weight is 292 g/mol. The van der Waals surface area contributed by atoms with Gasteiger partial charge in [0.2, 0.25) is 0 Å². The van der Waals surface area contributed by atoms with E-state index in [4.69, 9.17) is 0 Å². The molecule has 0 saturated heterocycles. The Bertz CT molecular complexity index is 597. The van der Waals surface area contributed by atoms with Crippen molar-refractivity contribution < 1.29 is 14.3 Å². The van der Waals surface area contributed by atoms with Crippen LogP contribution in [0.25, 0.3) is 0 Å². The SMILES string of the molecule is CCn1cnnc1CCNC(=O)C(O)c1ccc(F)cc1. The van der Waals surface area contributed by atoms with Gasteiger partial charge >= 0.3 is 0 Å². The highest BCUT2D eigenvalue weighted by atomic mass is 19.1. The third-order valence-electron chi connectivity index (χ3n) is 3.12. The van der Waals surface area contributed by atoms with Gasteiger partial charge in [0, 0.05) is 19.5 Å². The van der Waals surface area contributed by atoms with Crippen LogP contribution >= 0.6 is 0 Å². The zero-order valence-electron chi connectivity index (χ0n) is 11.7.